The van der Waals surface area contributed by atoms with E-state index in [1.165, 1.54) is 18.2 Å². The van der Waals surface area contributed by atoms with Gasteiger partial charge in [0.05, 0.1) is 5.69 Å². The van der Waals surface area contributed by atoms with Crippen LogP contribution in [0.2, 0.25) is 0 Å². The maximum atomic E-state index is 13.1. The number of aryl methyl sites for hydroxylation is 1. The molecule has 88 valence electrons. The summed E-state index contributed by atoms with van der Waals surface area (Å²) in [4.78, 5) is 8.18. The van der Waals surface area contributed by atoms with Crippen molar-refractivity contribution in [2.45, 2.75) is 13.3 Å². The quantitative estimate of drug-likeness (QED) is 0.870. The molecule has 1 aromatic heterocycles. The third-order valence-electron chi connectivity index (χ3n) is 2.27. The summed E-state index contributed by atoms with van der Waals surface area (Å²) >= 11 is 0. The molecule has 0 unspecified atom stereocenters. The van der Waals surface area contributed by atoms with Crippen molar-refractivity contribution in [1.82, 2.24) is 9.97 Å². The fourth-order valence-electron chi connectivity index (χ4n) is 1.53. The number of hydrogen-bond acceptors (Lipinski definition) is 3. The lowest BCUT2D eigenvalue weighted by Gasteiger charge is -2.05. The third-order valence-corrected chi connectivity index (χ3v) is 2.27. The van der Waals surface area contributed by atoms with E-state index in [0.29, 0.717) is 23.5 Å². The summed E-state index contributed by atoms with van der Waals surface area (Å²) in [5.74, 6) is -0.452. The lowest BCUT2D eigenvalue weighted by atomic mass is 10.1. The Kier molecular flexibility index (Phi) is 2.99. The minimum atomic E-state index is -0.643. The first-order valence-electron chi connectivity index (χ1n) is 5.18. The van der Waals surface area contributed by atoms with E-state index in [0.717, 1.165) is 6.07 Å². The largest absolute Gasteiger partial charge is 0.384 e. The number of halogens is 2. The summed E-state index contributed by atoms with van der Waals surface area (Å²) in [6, 6.07) is 4.73. The van der Waals surface area contributed by atoms with Crippen LogP contribution < -0.4 is 5.73 Å². The van der Waals surface area contributed by atoms with E-state index in [1.807, 2.05) is 6.92 Å². The molecule has 0 saturated carbocycles. The van der Waals surface area contributed by atoms with Crippen LogP contribution in [-0.2, 0) is 6.42 Å². The first-order valence-corrected chi connectivity index (χ1v) is 5.18. The first kappa shape index (κ1) is 11.4. The molecule has 2 N–H and O–H groups in total. The van der Waals surface area contributed by atoms with Gasteiger partial charge in [-0.3, -0.25) is 0 Å². The summed E-state index contributed by atoms with van der Waals surface area (Å²) in [5, 5.41) is 0. The number of anilines is 1. The molecule has 0 atom stereocenters. The molecule has 17 heavy (non-hydrogen) atoms. The molecule has 3 nitrogen and oxygen atoms in total. The van der Waals surface area contributed by atoms with E-state index < -0.39 is 11.6 Å². The van der Waals surface area contributed by atoms with E-state index in [4.69, 9.17) is 5.73 Å². The Morgan fingerprint density at radius 3 is 2.29 bits per heavy atom. The van der Waals surface area contributed by atoms with Crippen LogP contribution in [0, 0.1) is 11.6 Å². The molecule has 0 aliphatic carbocycles. The van der Waals surface area contributed by atoms with Gasteiger partial charge in [0, 0.05) is 24.1 Å². The summed E-state index contributed by atoms with van der Waals surface area (Å²) in [7, 11) is 0. The van der Waals surface area contributed by atoms with E-state index in [2.05, 4.69) is 9.97 Å². The number of rotatable bonds is 2. The Bertz CT molecular complexity index is 535. The lowest BCUT2D eigenvalue weighted by Crippen LogP contribution is -2.00. The average Bonchev–Trinajstić information content (AvgIpc) is 2.26. The third kappa shape index (κ3) is 2.55. The molecular formula is C12H11F2N3. The highest BCUT2D eigenvalue weighted by atomic mass is 19.1. The van der Waals surface area contributed by atoms with Crippen LogP contribution in [0.15, 0.2) is 24.3 Å². The van der Waals surface area contributed by atoms with E-state index >= 15 is 0 Å². The summed E-state index contributed by atoms with van der Waals surface area (Å²) < 4.78 is 26.2. The van der Waals surface area contributed by atoms with Crippen LogP contribution in [0.4, 0.5) is 14.6 Å². The normalized spacial score (nSPS) is 10.5. The van der Waals surface area contributed by atoms with Crippen molar-refractivity contribution < 1.29 is 8.78 Å². The molecule has 0 spiro atoms. The van der Waals surface area contributed by atoms with Gasteiger partial charge in [0.2, 0.25) is 0 Å². The molecule has 2 rings (SSSR count). The molecule has 5 heteroatoms. The van der Waals surface area contributed by atoms with Crippen molar-refractivity contribution >= 4 is 5.82 Å². The zero-order valence-electron chi connectivity index (χ0n) is 9.24. The molecule has 0 radical (unpaired) electrons. The van der Waals surface area contributed by atoms with Crippen LogP contribution in [0.3, 0.4) is 0 Å². The van der Waals surface area contributed by atoms with Gasteiger partial charge < -0.3 is 5.73 Å². The highest BCUT2D eigenvalue weighted by Crippen LogP contribution is 2.21. The van der Waals surface area contributed by atoms with Crippen LogP contribution in [0.5, 0.6) is 0 Å². The maximum absolute atomic E-state index is 13.1. The zero-order chi connectivity index (χ0) is 12.4. The van der Waals surface area contributed by atoms with Gasteiger partial charge in [-0.15, -0.1) is 0 Å². The molecule has 0 bridgehead atoms. The molecule has 2 aromatic rings. The monoisotopic (exact) mass is 235 g/mol. The predicted octanol–water partition coefficient (Wildman–Crippen LogP) is 2.57. The SMILES string of the molecule is CCc1nc(N)cc(-c2cc(F)cc(F)c2)n1. The van der Waals surface area contributed by atoms with Crippen molar-refractivity contribution in [3.8, 4) is 11.3 Å². The number of aromatic nitrogens is 2. The summed E-state index contributed by atoms with van der Waals surface area (Å²) in [6.45, 7) is 1.88. The molecule has 0 aliphatic rings. The predicted molar refractivity (Wildman–Crippen MR) is 61.2 cm³/mol. The summed E-state index contributed by atoms with van der Waals surface area (Å²) in [5.41, 5.74) is 6.39. The van der Waals surface area contributed by atoms with Gasteiger partial charge in [0.15, 0.2) is 0 Å². The van der Waals surface area contributed by atoms with Crippen molar-refractivity contribution in [3.63, 3.8) is 0 Å². The van der Waals surface area contributed by atoms with Gasteiger partial charge in [0.1, 0.15) is 23.3 Å². The second kappa shape index (κ2) is 4.45. The second-order valence-electron chi connectivity index (χ2n) is 3.61. The van der Waals surface area contributed by atoms with Gasteiger partial charge in [-0.1, -0.05) is 6.92 Å². The lowest BCUT2D eigenvalue weighted by molar-refractivity contribution is 0.584. The Balaban J connectivity index is 2.55. The van der Waals surface area contributed by atoms with Crippen LogP contribution >= 0.6 is 0 Å². The number of nitrogen functional groups attached to an aromatic ring is 1. The minimum absolute atomic E-state index is 0.288. The molecule has 0 aliphatic heterocycles. The van der Waals surface area contributed by atoms with E-state index in [9.17, 15) is 8.78 Å². The highest BCUT2D eigenvalue weighted by Gasteiger charge is 2.07. The molecule has 0 saturated heterocycles. The van der Waals surface area contributed by atoms with Gasteiger partial charge in [0.25, 0.3) is 0 Å². The second-order valence-corrected chi connectivity index (χ2v) is 3.61. The van der Waals surface area contributed by atoms with E-state index in [-0.39, 0.29) is 5.82 Å². The van der Waals surface area contributed by atoms with Gasteiger partial charge in [-0.2, -0.15) is 0 Å². The minimum Gasteiger partial charge on any atom is -0.384 e. The van der Waals surface area contributed by atoms with Crippen LogP contribution in [0.1, 0.15) is 12.7 Å². The zero-order valence-corrected chi connectivity index (χ0v) is 9.24. The first-order chi connectivity index (χ1) is 8.08. The smallest absolute Gasteiger partial charge is 0.131 e. The number of hydrogen-bond donors (Lipinski definition) is 1. The summed E-state index contributed by atoms with van der Waals surface area (Å²) in [6.07, 6.45) is 0.607. The fourth-order valence-corrected chi connectivity index (χ4v) is 1.53. The van der Waals surface area contributed by atoms with Crippen LogP contribution in [0.25, 0.3) is 11.3 Å². The van der Waals surface area contributed by atoms with E-state index in [1.54, 1.807) is 0 Å². The average molecular weight is 235 g/mol. The Morgan fingerprint density at radius 2 is 1.71 bits per heavy atom. The van der Waals surface area contributed by atoms with Crippen molar-refractivity contribution in [1.29, 1.82) is 0 Å². The number of benzene rings is 1. The van der Waals surface area contributed by atoms with Gasteiger partial charge in [-0.25, -0.2) is 18.7 Å². The highest BCUT2D eigenvalue weighted by molar-refractivity contribution is 5.61. The molecule has 0 fully saturated rings. The van der Waals surface area contributed by atoms with Crippen molar-refractivity contribution in [2.24, 2.45) is 0 Å². The van der Waals surface area contributed by atoms with Gasteiger partial charge >= 0.3 is 0 Å². The number of nitrogens with two attached hydrogens (primary N) is 1. The van der Waals surface area contributed by atoms with Crippen molar-refractivity contribution in [2.75, 3.05) is 5.73 Å². The number of nitrogens with zero attached hydrogens (tertiary/aromatic N) is 2. The maximum Gasteiger partial charge on any atom is 0.131 e. The topological polar surface area (TPSA) is 51.8 Å². The Morgan fingerprint density at radius 1 is 1.06 bits per heavy atom. The molecule has 1 aromatic carbocycles. The van der Waals surface area contributed by atoms with Crippen LogP contribution in [-0.4, -0.2) is 9.97 Å². The molecular weight excluding hydrogens is 224 g/mol. The molecule has 1 heterocycles. The van der Waals surface area contributed by atoms with Gasteiger partial charge in [-0.05, 0) is 12.1 Å². The molecule has 0 amide bonds. The van der Waals surface area contributed by atoms with Crippen molar-refractivity contribution in [3.05, 3.63) is 41.7 Å². The standard InChI is InChI=1S/C12H11F2N3/c1-2-12-16-10(6-11(15)17-12)7-3-8(13)5-9(14)4-7/h3-6H,2H2,1H3,(H2,15,16,17). The fraction of sp³-hybridized carbons (Fsp3) is 0.167. The Labute approximate surface area is 97.3 Å². The Hall–Kier alpha value is -2.04.